The van der Waals surface area contributed by atoms with Crippen LogP contribution in [0.25, 0.3) is 0 Å². The topological polar surface area (TPSA) is 0 Å². The Morgan fingerprint density at radius 3 is 2.53 bits per heavy atom. The van der Waals surface area contributed by atoms with Gasteiger partial charge in [0.25, 0.3) is 0 Å². The molecular weight excluding hydrogens is 180 g/mol. The molecule has 0 N–H and O–H groups in total. The molecule has 0 aromatic heterocycles. The van der Waals surface area contributed by atoms with Gasteiger partial charge in [0.2, 0.25) is 0 Å². The lowest BCUT2D eigenvalue weighted by molar-refractivity contribution is 0.00685. The molecule has 0 heteroatoms. The van der Waals surface area contributed by atoms with Gasteiger partial charge in [-0.05, 0) is 48.3 Å². The molecule has 0 aromatic carbocycles. The molecule has 2 aliphatic rings. The molecule has 2 aliphatic carbocycles. The Labute approximate surface area is 94.5 Å². The summed E-state index contributed by atoms with van der Waals surface area (Å²) in [5.41, 5.74) is 2.35. The van der Waals surface area contributed by atoms with Crippen molar-refractivity contribution in [2.24, 2.45) is 22.7 Å². The first kappa shape index (κ1) is 11.0. The Bertz CT molecular complexity index is 297. The van der Waals surface area contributed by atoms with Crippen molar-refractivity contribution in [1.29, 1.82) is 0 Å². The molecule has 0 heterocycles. The Morgan fingerprint density at radius 1 is 1.33 bits per heavy atom. The highest BCUT2D eigenvalue weighted by atomic mass is 14.5. The number of rotatable bonds is 1. The Morgan fingerprint density at radius 2 is 2.00 bits per heavy atom. The lowest BCUT2D eigenvalue weighted by Crippen LogP contribution is -2.43. The van der Waals surface area contributed by atoms with Crippen molar-refractivity contribution in [2.45, 2.75) is 46.5 Å². The maximum atomic E-state index is 4.32. The molecular formula is C15H24. The molecule has 0 aliphatic heterocycles. The van der Waals surface area contributed by atoms with E-state index in [1.54, 1.807) is 0 Å². The zero-order chi connectivity index (χ0) is 11.3. The van der Waals surface area contributed by atoms with Crippen LogP contribution < -0.4 is 0 Å². The average Bonchev–Trinajstić information content (AvgIpc) is 2.23. The van der Waals surface area contributed by atoms with Gasteiger partial charge in [0.1, 0.15) is 0 Å². The van der Waals surface area contributed by atoms with Crippen molar-refractivity contribution in [2.75, 3.05) is 0 Å². The van der Waals surface area contributed by atoms with Crippen LogP contribution in [0, 0.1) is 22.7 Å². The van der Waals surface area contributed by atoms with Gasteiger partial charge in [-0.1, -0.05) is 39.0 Å². The van der Waals surface area contributed by atoms with E-state index in [0.29, 0.717) is 10.8 Å². The Kier molecular flexibility index (Phi) is 2.37. The fourth-order valence-electron chi connectivity index (χ4n) is 3.66. The first-order valence-corrected chi connectivity index (χ1v) is 6.19. The Hall–Kier alpha value is -0.520. The summed E-state index contributed by atoms with van der Waals surface area (Å²) in [7, 11) is 0. The lowest BCUT2D eigenvalue weighted by Gasteiger charge is -2.52. The highest BCUT2D eigenvalue weighted by Gasteiger charge is 2.50. The summed E-state index contributed by atoms with van der Waals surface area (Å²) in [6, 6.07) is 0. The van der Waals surface area contributed by atoms with E-state index in [-0.39, 0.29) is 0 Å². The van der Waals surface area contributed by atoms with Gasteiger partial charge >= 0.3 is 0 Å². The molecule has 0 bridgehead atoms. The summed E-state index contributed by atoms with van der Waals surface area (Å²) >= 11 is 0. The monoisotopic (exact) mass is 204 g/mol. The largest absolute Gasteiger partial charge is 0.103 e. The third-order valence-electron chi connectivity index (χ3n) is 4.91. The average molecular weight is 204 g/mol. The van der Waals surface area contributed by atoms with Crippen molar-refractivity contribution >= 4 is 0 Å². The van der Waals surface area contributed by atoms with Crippen LogP contribution in [-0.2, 0) is 0 Å². The van der Waals surface area contributed by atoms with Crippen LogP contribution in [0.2, 0.25) is 0 Å². The molecule has 2 rings (SSSR count). The fourth-order valence-corrected chi connectivity index (χ4v) is 3.66. The van der Waals surface area contributed by atoms with Gasteiger partial charge in [0, 0.05) is 0 Å². The van der Waals surface area contributed by atoms with Crippen LogP contribution >= 0.6 is 0 Å². The predicted octanol–water partition coefficient (Wildman–Crippen LogP) is 4.58. The van der Waals surface area contributed by atoms with Crippen LogP contribution in [0.1, 0.15) is 46.5 Å². The fraction of sp³-hybridized carbons (Fsp3) is 0.733. The second-order valence-corrected chi connectivity index (χ2v) is 6.64. The zero-order valence-electron chi connectivity index (χ0n) is 10.5. The second kappa shape index (κ2) is 3.23. The summed E-state index contributed by atoms with van der Waals surface area (Å²) in [6.07, 6.45) is 7.31. The molecule has 84 valence electrons. The SMILES string of the molecule is C=CC1(C)CCC2C(CC2(C)C)C(=C)C1. The van der Waals surface area contributed by atoms with Gasteiger partial charge in [0.05, 0.1) is 0 Å². The number of fused-ring (bicyclic) bond motifs is 1. The van der Waals surface area contributed by atoms with Crippen molar-refractivity contribution in [3.05, 3.63) is 24.8 Å². The van der Waals surface area contributed by atoms with Crippen molar-refractivity contribution in [3.8, 4) is 0 Å². The van der Waals surface area contributed by atoms with Gasteiger partial charge in [-0.15, -0.1) is 6.58 Å². The first-order chi connectivity index (χ1) is 6.88. The van der Waals surface area contributed by atoms with Gasteiger partial charge in [-0.2, -0.15) is 0 Å². The normalized spacial score (nSPS) is 43.8. The van der Waals surface area contributed by atoms with E-state index in [0.717, 1.165) is 18.3 Å². The molecule has 0 radical (unpaired) electrons. The van der Waals surface area contributed by atoms with Crippen LogP contribution in [-0.4, -0.2) is 0 Å². The van der Waals surface area contributed by atoms with E-state index < -0.39 is 0 Å². The molecule has 0 aromatic rings. The standard InChI is InChI=1S/C15H24/c1-6-15(5)8-7-13-12(11(2)9-15)10-14(13,3)4/h6,12-13H,1-2,7-10H2,3-5H3. The predicted molar refractivity (Wildman–Crippen MR) is 66.7 cm³/mol. The summed E-state index contributed by atoms with van der Waals surface area (Å²) in [5, 5.41) is 0. The van der Waals surface area contributed by atoms with Crippen molar-refractivity contribution < 1.29 is 0 Å². The first-order valence-electron chi connectivity index (χ1n) is 6.19. The summed E-state index contributed by atoms with van der Waals surface area (Å²) < 4.78 is 0. The molecule has 0 saturated heterocycles. The van der Waals surface area contributed by atoms with Gasteiger partial charge in [0.15, 0.2) is 0 Å². The van der Waals surface area contributed by atoms with Crippen molar-refractivity contribution in [3.63, 3.8) is 0 Å². The highest BCUT2D eigenvalue weighted by molar-refractivity contribution is 5.18. The molecule has 15 heavy (non-hydrogen) atoms. The van der Waals surface area contributed by atoms with E-state index >= 15 is 0 Å². The van der Waals surface area contributed by atoms with E-state index in [1.165, 1.54) is 24.8 Å². The number of hydrogen-bond donors (Lipinski definition) is 0. The van der Waals surface area contributed by atoms with E-state index in [4.69, 9.17) is 0 Å². The van der Waals surface area contributed by atoms with E-state index in [1.807, 2.05) is 0 Å². The van der Waals surface area contributed by atoms with E-state index in [2.05, 4.69) is 40.0 Å². The number of hydrogen-bond acceptors (Lipinski definition) is 0. The van der Waals surface area contributed by atoms with Gasteiger partial charge in [-0.3, -0.25) is 0 Å². The quantitative estimate of drug-likeness (QED) is 0.548. The summed E-state index contributed by atoms with van der Waals surface area (Å²) in [4.78, 5) is 0. The van der Waals surface area contributed by atoms with Crippen molar-refractivity contribution in [1.82, 2.24) is 0 Å². The summed E-state index contributed by atoms with van der Waals surface area (Å²) in [6.45, 7) is 15.5. The highest BCUT2D eigenvalue weighted by Crippen LogP contribution is 2.59. The van der Waals surface area contributed by atoms with Crippen LogP contribution in [0.3, 0.4) is 0 Å². The maximum Gasteiger partial charge on any atom is -0.0112 e. The van der Waals surface area contributed by atoms with Crippen LogP contribution in [0.15, 0.2) is 24.8 Å². The molecule has 0 nitrogen and oxygen atoms in total. The van der Waals surface area contributed by atoms with Crippen LogP contribution in [0.5, 0.6) is 0 Å². The Balaban J connectivity index is 2.19. The van der Waals surface area contributed by atoms with Gasteiger partial charge < -0.3 is 0 Å². The smallest absolute Gasteiger partial charge is 0.0112 e. The van der Waals surface area contributed by atoms with Gasteiger partial charge in [-0.25, -0.2) is 0 Å². The third-order valence-corrected chi connectivity index (χ3v) is 4.91. The number of allylic oxidation sites excluding steroid dienone is 2. The lowest BCUT2D eigenvalue weighted by atomic mass is 9.53. The van der Waals surface area contributed by atoms with Crippen LogP contribution in [0.4, 0.5) is 0 Å². The second-order valence-electron chi connectivity index (χ2n) is 6.64. The zero-order valence-corrected chi connectivity index (χ0v) is 10.5. The van der Waals surface area contributed by atoms with E-state index in [9.17, 15) is 0 Å². The minimum absolute atomic E-state index is 0.310. The summed E-state index contributed by atoms with van der Waals surface area (Å²) in [5.74, 6) is 1.69. The third kappa shape index (κ3) is 1.68. The molecule has 2 fully saturated rings. The minimum Gasteiger partial charge on any atom is -0.103 e. The molecule has 0 amide bonds. The molecule has 0 spiro atoms. The molecule has 3 unspecified atom stereocenters. The maximum absolute atomic E-state index is 4.32. The minimum atomic E-state index is 0.310. The molecule has 3 atom stereocenters. The molecule has 2 saturated carbocycles.